The SMILES string of the molecule is C=C(C)C(=O)OCC.C=C(C)C(=O)OCc1ccccc1.C=CC(=O)OCC.C=CC(=O)OCc1ccccc1.CCC. The van der Waals surface area contributed by atoms with Crippen LogP contribution in [0.25, 0.3) is 0 Å². The van der Waals surface area contributed by atoms with Crippen LogP contribution in [-0.2, 0) is 51.3 Å². The Kier molecular flexibility index (Phi) is 30.1. The first-order valence-corrected chi connectivity index (χ1v) is 13.7. The average Bonchev–Trinajstić information content (AvgIpc) is 3.01. The van der Waals surface area contributed by atoms with Crippen molar-refractivity contribution in [1.82, 2.24) is 0 Å². The van der Waals surface area contributed by atoms with Crippen LogP contribution in [0.4, 0.5) is 0 Å². The number of esters is 4. The molecule has 0 atom stereocenters. The Morgan fingerprint density at radius 1 is 0.581 bits per heavy atom. The number of hydrogen-bond acceptors (Lipinski definition) is 8. The van der Waals surface area contributed by atoms with Crippen molar-refractivity contribution in [1.29, 1.82) is 0 Å². The van der Waals surface area contributed by atoms with Gasteiger partial charge in [-0.25, -0.2) is 19.2 Å². The molecule has 0 aliphatic rings. The number of ether oxygens (including phenoxy) is 4. The van der Waals surface area contributed by atoms with Crippen molar-refractivity contribution in [2.75, 3.05) is 13.2 Å². The molecule has 0 N–H and O–H groups in total. The van der Waals surface area contributed by atoms with Crippen LogP contribution in [-0.4, -0.2) is 37.1 Å². The van der Waals surface area contributed by atoms with Crippen molar-refractivity contribution in [2.24, 2.45) is 0 Å². The third-order valence-corrected chi connectivity index (χ3v) is 4.03. The van der Waals surface area contributed by atoms with Crippen LogP contribution in [0.15, 0.2) is 110 Å². The van der Waals surface area contributed by atoms with Crippen LogP contribution in [0, 0.1) is 0 Å². The van der Waals surface area contributed by atoms with E-state index >= 15 is 0 Å². The first kappa shape index (κ1) is 42.7. The lowest BCUT2D eigenvalue weighted by Crippen LogP contribution is -2.04. The van der Waals surface area contributed by atoms with Gasteiger partial charge < -0.3 is 18.9 Å². The molecule has 0 unspecified atom stereocenters. The predicted octanol–water partition coefficient (Wildman–Crippen LogP) is 7.50. The van der Waals surface area contributed by atoms with E-state index in [4.69, 9.17) is 9.47 Å². The summed E-state index contributed by atoms with van der Waals surface area (Å²) in [6.45, 7) is 25.9. The van der Waals surface area contributed by atoms with E-state index in [0.717, 1.165) is 23.3 Å². The van der Waals surface area contributed by atoms with Crippen molar-refractivity contribution in [3.8, 4) is 0 Å². The molecule has 0 aromatic heterocycles. The molecule has 2 aromatic carbocycles. The van der Waals surface area contributed by atoms with Gasteiger partial charge in [-0.05, 0) is 38.8 Å². The Morgan fingerprint density at radius 3 is 1.19 bits per heavy atom. The fraction of sp³-hybridized carbons (Fsp3) is 0.314. The Hall–Kier alpha value is -4.72. The minimum Gasteiger partial charge on any atom is -0.463 e. The lowest BCUT2D eigenvalue weighted by molar-refractivity contribution is -0.140. The van der Waals surface area contributed by atoms with E-state index in [-0.39, 0.29) is 23.9 Å². The van der Waals surface area contributed by atoms with Crippen LogP contribution in [0.1, 0.15) is 59.1 Å². The Balaban J connectivity index is -0.000000495. The topological polar surface area (TPSA) is 105 Å². The van der Waals surface area contributed by atoms with Gasteiger partial charge in [-0.1, -0.05) is 107 Å². The summed E-state index contributed by atoms with van der Waals surface area (Å²) in [6.07, 6.45) is 3.55. The van der Waals surface area contributed by atoms with E-state index < -0.39 is 0 Å². The van der Waals surface area contributed by atoms with Crippen molar-refractivity contribution < 1.29 is 38.1 Å². The molecule has 236 valence electrons. The minimum atomic E-state index is -0.390. The third-order valence-electron chi connectivity index (χ3n) is 4.03. The first-order valence-electron chi connectivity index (χ1n) is 13.7. The van der Waals surface area contributed by atoms with Crippen molar-refractivity contribution in [3.63, 3.8) is 0 Å². The number of carbonyl (C=O) groups is 4. The third kappa shape index (κ3) is 30.1. The molecule has 8 nitrogen and oxygen atoms in total. The van der Waals surface area contributed by atoms with Gasteiger partial charge in [0.25, 0.3) is 0 Å². The second-order valence-corrected chi connectivity index (χ2v) is 8.30. The van der Waals surface area contributed by atoms with Gasteiger partial charge in [0.2, 0.25) is 0 Å². The van der Waals surface area contributed by atoms with Gasteiger partial charge in [0, 0.05) is 23.3 Å². The molecule has 0 spiro atoms. The molecule has 43 heavy (non-hydrogen) atoms. The van der Waals surface area contributed by atoms with Crippen molar-refractivity contribution >= 4 is 23.9 Å². The van der Waals surface area contributed by atoms with Crippen LogP contribution >= 0.6 is 0 Å². The molecule has 0 heterocycles. The van der Waals surface area contributed by atoms with Gasteiger partial charge in [-0.3, -0.25) is 0 Å². The summed E-state index contributed by atoms with van der Waals surface area (Å²) >= 11 is 0. The smallest absolute Gasteiger partial charge is 0.333 e. The van der Waals surface area contributed by atoms with Crippen LogP contribution < -0.4 is 0 Å². The zero-order valence-corrected chi connectivity index (χ0v) is 26.6. The quantitative estimate of drug-likeness (QED) is 0.158. The molecule has 0 fully saturated rings. The van der Waals surface area contributed by atoms with E-state index in [0.29, 0.717) is 37.6 Å². The van der Waals surface area contributed by atoms with Crippen LogP contribution in [0.5, 0.6) is 0 Å². The molecule has 2 rings (SSSR count). The van der Waals surface area contributed by atoms with E-state index in [2.05, 4.69) is 49.6 Å². The zero-order chi connectivity index (χ0) is 33.5. The van der Waals surface area contributed by atoms with Gasteiger partial charge in [0.05, 0.1) is 13.2 Å². The summed E-state index contributed by atoms with van der Waals surface area (Å²) in [4.78, 5) is 42.1. The van der Waals surface area contributed by atoms with Gasteiger partial charge >= 0.3 is 23.9 Å². The molecule has 8 heteroatoms. The molecule has 0 aliphatic heterocycles. The van der Waals surface area contributed by atoms with E-state index in [1.165, 1.54) is 6.42 Å². The maximum Gasteiger partial charge on any atom is 0.333 e. The number of carbonyl (C=O) groups excluding carboxylic acids is 4. The van der Waals surface area contributed by atoms with Crippen molar-refractivity contribution in [3.05, 3.63) is 121 Å². The lowest BCUT2D eigenvalue weighted by Gasteiger charge is -2.03. The molecule has 0 amide bonds. The van der Waals surface area contributed by atoms with Gasteiger partial charge in [0.1, 0.15) is 13.2 Å². The highest BCUT2D eigenvalue weighted by atomic mass is 16.5. The average molecular weight is 597 g/mol. The standard InChI is InChI=1S/C11H12O2.C10H10O2.C6H10O2.C5H8O2.C3H8/c1-9(2)11(12)13-8-10-6-4-3-5-7-10;1-2-10(11)12-8-9-6-4-3-5-7-9;1-4-8-6(7)5(2)3;1-3-5(6)7-4-2;1-3-2/h3-7H,1,8H2,2H3;2-7H,1,8H2;2,4H2,1,3H3;3H,1,4H2,2H3;3H2,1-2H3. The maximum absolute atomic E-state index is 11.0. The maximum atomic E-state index is 11.0. The van der Waals surface area contributed by atoms with Crippen LogP contribution in [0.2, 0.25) is 0 Å². The molecule has 0 radical (unpaired) electrons. The second-order valence-electron chi connectivity index (χ2n) is 8.30. The molecule has 0 saturated heterocycles. The summed E-state index contributed by atoms with van der Waals surface area (Å²) in [5.74, 6) is -1.40. The Bertz CT molecular complexity index is 1090. The molecule has 0 saturated carbocycles. The summed E-state index contributed by atoms with van der Waals surface area (Å²) in [7, 11) is 0. The normalized spacial score (nSPS) is 8.51. The van der Waals surface area contributed by atoms with Crippen LogP contribution in [0.3, 0.4) is 0 Å². The lowest BCUT2D eigenvalue weighted by atomic mass is 10.2. The monoisotopic (exact) mass is 596 g/mol. The Morgan fingerprint density at radius 2 is 0.907 bits per heavy atom. The van der Waals surface area contributed by atoms with E-state index in [1.54, 1.807) is 27.7 Å². The molecular weight excluding hydrogens is 548 g/mol. The molecule has 0 bridgehead atoms. The summed E-state index contributed by atoms with van der Waals surface area (Å²) < 4.78 is 18.8. The summed E-state index contributed by atoms with van der Waals surface area (Å²) in [6, 6.07) is 19.1. The number of benzene rings is 2. The zero-order valence-electron chi connectivity index (χ0n) is 26.6. The molecule has 2 aromatic rings. The Labute approximate surface area is 257 Å². The fourth-order valence-corrected chi connectivity index (χ4v) is 2.09. The summed E-state index contributed by atoms with van der Waals surface area (Å²) in [5.41, 5.74) is 2.84. The molecular formula is C35H48O8. The van der Waals surface area contributed by atoms with Gasteiger partial charge in [0.15, 0.2) is 0 Å². The number of hydrogen-bond donors (Lipinski definition) is 0. The highest BCUT2D eigenvalue weighted by Crippen LogP contribution is 2.03. The molecule has 0 aliphatic carbocycles. The predicted molar refractivity (Wildman–Crippen MR) is 172 cm³/mol. The summed E-state index contributed by atoms with van der Waals surface area (Å²) in [5, 5.41) is 0. The highest BCUT2D eigenvalue weighted by molar-refractivity contribution is 5.87. The van der Waals surface area contributed by atoms with E-state index in [9.17, 15) is 19.2 Å². The van der Waals surface area contributed by atoms with E-state index in [1.807, 2.05) is 60.7 Å². The van der Waals surface area contributed by atoms with Gasteiger partial charge in [-0.2, -0.15) is 0 Å². The van der Waals surface area contributed by atoms with Crippen molar-refractivity contribution in [2.45, 2.75) is 61.2 Å². The van der Waals surface area contributed by atoms with Gasteiger partial charge in [-0.15, -0.1) is 0 Å². The number of rotatable bonds is 10. The fourth-order valence-electron chi connectivity index (χ4n) is 2.09. The minimum absolute atomic E-state index is 0.311. The second kappa shape index (κ2) is 30.2. The first-order chi connectivity index (χ1) is 20.4. The largest absolute Gasteiger partial charge is 0.463 e. The highest BCUT2D eigenvalue weighted by Gasteiger charge is 2.02.